The van der Waals surface area contributed by atoms with Crippen LogP contribution < -0.4 is 36.0 Å². The molecular formula is C46H56ClN11O7. The molecule has 19 heteroatoms. The van der Waals surface area contributed by atoms with E-state index in [1.807, 2.05) is 51.1 Å². The molecule has 7 heterocycles. The van der Waals surface area contributed by atoms with E-state index in [4.69, 9.17) is 31.0 Å². The Morgan fingerprint density at radius 3 is 2.48 bits per heavy atom. The lowest BCUT2D eigenvalue weighted by Gasteiger charge is -2.49. The maximum absolute atomic E-state index is 13.4. The van der Waals surface area contributed by atoms with Gasteiger partial charge in [0.25, 0.3) is 17.4 Å². The number of nitrogens with zero attached hydrogens (tertiary/aromatic N) is 8. The Labute approximate surface area is 382 Å². The van der Waals surface area contributed by atoms with Crippen molar-refractivity contribution in [1.82, 2.24) is 40.0 Å². The molecule has 2 unspecified atom stereocenters. The van der Waals surface area contributed by atoms with Gasteiger partial charge in [0.1, 0.15) is 16.9 Å². The number of piperidine rings is 2. The number of rotatable bonds is 12. The van der Waals surface area contributed by atoms with Crippen molar-refractivity contribution in [2.75, 3.05) is 61.5 Å². The van der Waals surface area contributed by atoms with Crippen LogP contribution in [0.25, 0.3) is 10.9 Å². The minimum absolute atomic E-state index is 0.0915. The third-order valence-corrected chi connectivity index (χ3v) is 13.8. The molecule has 18 nitrogen and oxygen atoms in total. The molecule has 65 heavy (non-hydrogen) atoms. The number of pyridine rings is 2. The lowest BCUT2D eigenvalue weighted by Crippen LogP contribution is -2.59. The lowest BCUT2D eigenvalue weighted by molar-refractivity contribution is -0.137. The highest BCUT2D eigenvalue weighted by Crippen LogP contribution is 2.38. The first-order valence-corrected chi connectivity index (χ1v) is 23.0. The second-order valence-corrected chi connectivity index (χ2v) is 18.5. The van der Waals surface area contributed by atoms with Crippen LogP contribution in [0.5, 0.6) is 5.75 Å². The number of anilines is 4. The summed E-state index contributed by atoms with van der Waals surface area (Å²) in [7, 11) is 1.51. The maximum atomic E-state index is 13.4. The van der Waals surface area contributed by atoms with Crippen molar-refractivity contribution < 1.29 is 28.7 Å². The van der Waals surface area contributed by atoms with Crippen molar-refractivity contribution >= 4 is 69.4 Å². The highest BCUT2D eigenvalue weighted by molar-refractivity contribution is 6.33. The minimum Gasteiger partial charge on any atom is -0.478 e. The summed E-state index contributed by atoms with van der Waals surface area (Å²) in [4.78, 5) is 85.9. The molecule has 3 saturated heterocycles. The van der Waals surface area contributed by atoms with Gasteiger partial charge in [-0.05, 0) is 96.2 Å². The Morgan fingerprint density at radius 1 is 0.969 bits per heavy atom. The van der Waals surface area contributed by atoms with E-state index in [0.717, 1.165) is 75.1 Å². The molecule has 9 rings (SSSR count). The number of nitrogens with one attached hydrogen (secondary N) is 3. The molecule has 0 radical (unpaired) electrons. The number of likely N-dealkylation sites (N-methyl/N-ethyl adjacent to an activating group) is 1. The van der Waals surface area contributed by atoms with Gasteiger partial charge in [-0.3, -0.25) is 34.2 Å². The molecule has 4 fully saturated rings. The summed E-state index contributed by atoms with van der Waals surface area (Å²) in [6, 6.07) is 10.6. The number of benzene rings is 1. The average Bonchev–Trinajstić information content (AvgIpc) is 3.52. The van der Waals surface area contributed by atoms with E-state index in [9.17, 15) is 24.0 Å². The lowest BCUT2D eigenvalue weighted by atomic mass is 9.86. The minimum atomic E-state index is -0.679. The summed E-state index contributed by atoms with van der Waals surface area (Å²) in [5, 5.41) is 9.35. The Kier molecular flexibility index (Phi) is 12.4. The number of piperazine rings is 1. The van der Waals surface area contributed by atoms with E-state index in [1.165, 1.54) is 7.05 Å². The van der Waals surface area contributed by atoms with Crippen molar-refractivity contribution in [3.8, 4) is 5.75 Å². The van der Waals surface area contributed by atoms with Crippen LogP contribution >= 0.6 is 11.6 Å². The largest absolute Gasteiger partial charge is 0.478 e. The van der Waals surface area contributed by atoms with E-state index >= 15 is 0 Å². The first kappa shape index (κ1) is 44.4. The third-order valence-electron chi connectivity index (χ3n) is 13.5. The van der Waals surface area contributed by atoms with E-state index < -0.39 is 11.9 Å². The summed E-state index contributed by atoms with van der Waals surface area (Å²) in [6.07, 6.45) is 6.26. The van der Waals surface area contributed by atoms with E-state index in [2.05, 4.69) is 42.6 Å². The topological polar surface area (TPSA) is 196 Å². The monoisotopic (exact) mass is 909 g/mol. The van der Waals surface area contributed by atoms with Crippen molar-refractivity contribution in [2.45, 2.75) is 109 Å². The molecule has 1 aromatic carbocycles. The van der Waals surface area contributed by atoms with Gasteiger partial charge >= 0.3 is 0 Å². The van der Waals surface area contributed by atoms with Gasteiger partial charge in [0, 0.05) is 75.4 Å². The molecule has 1 saturated carbocycles. The van der Waals surface area contributed by atoms with Crippen LogP contribution in [0.2, 0.25) is 5.02 Å². The SMILES string of the molecule is CNC(=O)COc1cc2cc(Nc3nc(N4CCC(O[C@H]5C[C@H](N6CCN(c7ccc8c(n7)C(C)N(C7CCC(=O)NC7=O)C8=O)[C@H](C)C6)C5)CC4)ncc3Cl)ccc2n(C(C)C)c1=O. The fourth-order valence-corrected chi connectivity index (χ4v) is 10.1. The fourth-order valence-electron chi connectivity index (χ4n) is 9.96. The first-order chi connectivity index (χ1) is 31.3. The molecule has 344 valence electrons. The number of amides is 4. The Balaban J connectivity index is 0.754. The summed E-state index contributed by atoms with van der Waals surface area (Å²) in [6.45, 7) is 11.8. The average molecular weight is 910 g/mol. The maximum Gasteiger partial charge on any atom is 0.293 e. The number of carbonyl (C=O) groups excluding carboxylic acids is 4. The zero-order chi connectivity index (χ0) is 45.7. The van der Waals surface area contributed by atoms with Gasteiger partial charge in [0.2, 0.25) is 17.8 Å². The Hall–Kier alpha value is -5.85. The molecule has 1 aliphatic carbocycles. The highest BCUT2D eigenvalue weighted by Gasteiger charge is 2.45. The zero-order valence-electron chi connectivity index (χ0n) is 37.4. The molecule has 4 aromatic rings. The van der Waals surface area contributed by atoms with E-state index in [0.29, 0.717) is 46.2 Å². The van der Waals surface area contributed by atoms with Crippen LogP contribution in [0, 0.1) is 0 Å². The molecule has 4 amide bonds. The van der Waals surface area contributed by atoms with Crippen LogP contribution in [-0.2, 0) is 19.1 Å². The summed E-state index contributed by atoms with van der Waals surface area (Å²) in [5.41, 5.74) is 2.34. The van der Waals surface area contributed by atoms with Gasteiger partial charge < -0.3 is 39.4 Å². The summed E-state index contributed by atoms with van der Waals surface area (Å²) < 4.78 is 13.9. The number of carbonyl (C=O) groups is 4. The number of aromatic nitrogens is 4. The number of hydrogen-bond donors (Lipinski definition) is 3. The number of imide groups is 1. The molecule has 0 bridgehead atoms. The third kappa shape index (κ3) is 8.82. The predicted octanol–water partition coefficient (Wildman–Crippen LogP) is 4.34. The van der Waals surface area contributed by atoms with Crippen molar-refractivity contribution in [3.63, 3.8) is 0 Å². The smallest absolute Gasteiger partial charge is 0.293 e. The van der Waals surface area contributed by atoms with Crippen molar-refractivity contribution in [2.24, 2.45) is 0 Å². The molecule has 3 atom stereocenters. The molecule has 4 aliphatic heterocycles. The molecule has 3 aromatic heterocycles. The normalized spacial score (nSPS) is 24.0. The van der Waals surface area contributed by atoms with Gasteiger partial charge in [-0.15, -0.1) is 0 Å². The van der Waals surface area contributed by atoms with Gasteiger partial charge in [-0.25, -0.2) is 9.97 Å². The van der Waals surface area contributed by atoms with Gasteiger partial charge in [0.05, 0.1) is 41.2 Å². The van der Waals surface area contributed by atoms with Gasteiger partial charge in [-0.2, -0.15) is 4.98 Å². The summed E-state index contributed by atoms with van der Waals surface area (Å²) in [5.74, 6) is 0.703. The fraction of sp³-hybridized carbons (Fsp3) is 0.522. The molecule has 3 N–H and O–H groups in total. The van der Waals surface area contributed by atoms with Crippen LogP contribution in [-0.4, -0.2) is 130 Å². The first-order valence-electron chi connectivity index (χ1n) is 22.7. The van der Waals surface area contributed by atoms with Crippen LogP contribution in [0.4, 0.5) is 23.3 Å². The second kappa shape index (κ2) is 18.2. The number of hydrogen-bond acceptors (Lipinski definition) is 14. The van der Waals surface area contributed by atoms with Crippen LogP contribution in [0.1, 0.15) is 94.4 Å². The number of halogens is 1. The number of fused-ring (bicyclic) bond motifs is 2. The Bertz CT molecular complexity index is 2580. The quantitative estimate of drug-likeness (QED) is 0.170. The standard InChI is InChI=1S/C46H56ClN11O7/c1-25(2)57-35-8-6-29(18-28(35)19-37(45(57)63)64-24-40(60)48-5)50-42-34(47)22-49-46(53-42)54-14-12-31(13-15-54)65-32-20-30(21-32)55-16-17-56(26(3)23-55)38-10-7-33-41(51-38)27(4)58(44(33)62)36-9-11-39(59)52-43(36)61/h6-8,10,18-19,22,25-27,30-32,36H,9,11-17,20-21,23-24H2,1-5H3,(H,48,60)(H,49,50,53)(H,52,59,61)/t26-,27?,30-,32-,36?/m1/s1. The summed E-state index contributed by atoms with van der Waals surface area (Å²) >= 11 is 6.61. The van der Waals surface area contributed by atoms with Crippen LogP contribution in [0.15, 0.2) is 47.4 Å². The molecule has 5 aliphatic rings. The molecule has 0 spiro atoms. The Morgan fingerprint density at radius 2 is 1.75 bits per heavy atom. The van der Waals surface area contributed by atoms with Gasteiger partial charge in [0.15, 0.2) is 18.2 Å². The number of ether oxygens (including phenoxy) is 2. The van der Waals surface area contributed by atoms with E-state index in [1.54, 1.807) is 21.7 Å². The van der Waals surface area contributed by atoms with Crippen LogP contribution in [0.3, 0.4) is 0 Å². The van der Waals surface area contributed by atoms with E-state index in [-0.39, 0.29) is 72.4 Å². The van der Waals surface area contributed by atoms with Crippen molar-refractivity contribution in [1.29, 1.82) is 0 Å². The molecular weight excluding hydrogens is 854 g/mol. The van der Waals surface area contributed by atoms with Crippen molar-refractivity contribution in [3.05, 3.63) is 69.2 Å². The van der Waals surface area contributed by atoms with Gasteiger partial charge in [-0.1, -0.05) is 11.6 Å². The second-order valence-electron chi connectivity index (χ2n) is 18.1. The predicted molar refractivity (Wildman–Crippen MR) is 245 cm³/mol. The zero-order valence-corrected chi connectivity index (χ0v) is 38.1. The highest BCUT2D eigenvalue weighted by atomic mass is 35.5.